The number of hydrogen-bond donors (Lipinski definition) is 1. The Morgan fingerprint density at radius 2 is 2.00 bits per heavy atom. The number of nitrogens with two attached hydrogens (primary N) is 1. The largest absolute Gasteiger partial charge is 0.374 e. The van der Waals surface area contributed by atoms with E-state index in [-0.39, 0.29) is 6.10 Å². The molecule has 15 heavy (non-hydrogen) atoms. The molecule has 1 aromatic heterocycles. The molecule has 0 fully saturated rings. The van der Waals surface area contributed by atoms with Gasteiger partial charge in [-0.05, 0) is 5.56 Å². The molecule has 1 aromatic carbocycles. The van der Waals surface area contributed by atoms with Crippen molar-refractivity contribution in [3.8, 4) is 0 Å². The van der Waals surface area contributed by atoms with Crippen LogP contribution in [0.2, 0.25) is 0 Å². The van der Waals surface area contributed by atoms with Gasteiger partial charge in [-0.25, -0.2) is 0 Å². The molecule has 0 radical (unpaired) electrons. The van der Waals surface area contributed by atoms with Gasteiger partial charge in [-0.1, -0.05) is 41.7 Å². The molecular formula is C10H11N3OS. The van der Waals surface area contributed by atoms with E-state index in [9.17, 15) is 0 Å². The molecular weight excluding hydrogens is 210 g/mol. The van der Waals surface area contributed by atoms with E-state index >= 15 is 0 Å². The average Bonchev–Trinajstić information content (AvgIpc) is 2.68. The van der Waals surface area contributed by atoms with Crippen molar-refractivity contribution < 1.29 is 4.74 Å². The fourth-order valence-electron chi connectivity index (χ4n) is 1.36. The van der Waals surface area contributed by atoms with E-state index in [1.165, 1.54) is 11.3 Å². The Balaban J connectivity index is 2.33. The Morgan fingerprint density at radius 1 is 1.27 bits per heavy atom. The number of methoxy groups -OCH3 is 1. The fraction of sp³-hybridized carbons (Fsp3) is 0.200. The summed E-state index contributed by atoms with van der Waals surface area (Å²) in [6.07, 6.45) is -0.180. The minimum absolute atomic E-state index is 0.180. The second-order valence-electron chi connectivity index (χ2n) is 3.00. The lowest BCUT2D eigenvalue weighted by Crippen LogP contribution is -2.02. The lowest BCUT2D eigenvalue weighted by molar-refractivity contribution is 0.135. The smallest absolute Gasteiger partial charge is 0.203 e. The van der Waals surface area contributed by atoms with Crippen LogP contribution in [0.3, 0.4) is 0 Å². The molecule has 2 N–H and O–H groups in total. The second-order valence-corrected chi connectivity index (χ2v) is 4.05. The van der Waals surface area contributed by atoms with Gasteiger partial charge in [0.05, 0.1) is 0 Å². The van der Waals surface area contributed by atoms with Gasteiger partial charge in [0.2, 0.25) is 5.13 Å². The van der Waals surface area contributed by atoms with Crippen LogP contribution in [0.5, 0.6) is 0 Å². The summed E-state index contributed by atoms with van der Waals surface area (Å²) < 4.78 is 5.39. The van der Waals surface area contributed by atoms with Crippen LogP contribution in [0.15, 0.2) is 30.3 Å². The molecule has 0 aliphatic rings. The van der Waals surface area contributed by atoms with Crippen LogP contribution in [0, 0.1) is 0 Å². The van der Waals surface area contributed by atoms with Gasteiger partial charge < -0.3 is 10.5 Å². The molecule has 5 heteroatoms. The van der Waals surface area contributed by atoms with Crippen molar-refractivity contribution in [3.63, 3.8) is 0 Å². The van der Waals surface area contributed by atoms with Crippen LogP contribution >= 0.6 is 11.3 Å². The van der Waals surface area contributed by atoms with Crippen LogP contribution in [0.1, 0.15) is 16.7 Å². The Hall–Kier alpha value is -1.46. The summed E-state index contributed by atoms with van der Waals surface area (Å²) in [4.78, 5) is 0. The summed E-state index contributed by atoms with van der Waals surface area (Å²) in [5.74, 6) is 0. The maximum Gasteiger partial charge on any atom is 0.203 e. The number of hydrogen-bond acceptors (Lipinski definition) is 5. The Kier molecular flexibility index (Phi) is 2.94. The molecule has 1 unspecified atom stereocenters. The van der Waals surface area contributed by atoms with E-state index < -0.39 is 0 Å². The average molecular weight is 221 g/mol. The van der Waals surface area contributed by atoms with Crippen molar-refractivity contribution in [2.75, 3.05) is 12.8 Å². The zero-order valence-electron chi connectivity index (χ0n) is 8.25. The van der Waals surface area contributed by atoms with Gasteiger partial charge in [0.15, 0.2) is 5.01 Å². The number of rotatable bonds is 3. The van der Waals surface area contributed by atoms with Crippen molar-refractivity contribution in [1.82, 2.24) is 10.2 Å². The van der Waals surface area contributed by atoms with Crippen LogP contribution in [0.25, 0.3) is 0 Å². The van der Waals surface area contributed by atoms with Crippen LogP contribution in [-0.2, 0) is 4.74 Å². The van der Waals surface area contributed by atoms with Crippen LogP contribution in [0.4, 0.5) is 5.13 Å². The summed E-state index contributed by atoms with van der Waals surface area (Å²) >= 11 is 1.35. The molecule has 4 nitrogen and oxygen atoms in total. The lowest BCUT2D eigenvalue weighted by atomic mass is 10.1. The highest BCUT2D eigenvalue weighted by Gasteiger charge is 2.17. The third-order valence-corrected chi connectivity index (χ3v) is 2.81. The summed E-state index contributed by atoms with van der Waals surface area (Å²) in [6, 6.07) is 9.87. The summed E-state index contributed by atoms with van der Waals surface area (Å²) in [6.45, 7) is 0. The van der Waals surface area contributed by atoms with Gasteiger partial charge in [0.1, 0.15) is 6.10 Å². The molecule has 2 aromatic rings. The van der Waals surface area contributed by atoms with E-state index in [1.54, 1.807) is 7.11 Å². The molecule has 2 rings (SSSR count). The minimum atomic E-state index is -0.180. The first kappa shape index (κ1) is 10.1. The van der Waals surface area contributed by atoms with E-state index in [0.717, 1.165) is 10.6 Å². The highest BCUT2D eigenvalue weighted by molar-refractivity contribution is 7.15. The number of ether oxygens (including phenoxy) is 1. The van der Waals surface area contributed by atoms with Gasteiger partial charge in [0.25, 0.3) is 0 Å². The maximum absolute atomic E-state index is 5.54. The highest BCUT2D eigenvalue weighted by Crippen LogP contribution is 2.28. The van der Waals surface area contributed by atoms with Crippen molar-refractivity contribution in [3.05, 3.63) is 40.9 Å². The Bertz CT molecular complexity index is 429. The zero-order valence-corrected chi connectivity index (χ0v) is 9.07. The normalized spacial score (nSPS) is 12.6. The summed E-state index contributed by atoms with van der Waals surface area (Å²) in [7, 11) is 1.65. The number of nitrogens with zero attached hydrogens (tertiary/aromatic N) is 2. The Labute approximate surface area is 91.7 Å². The third-order valence-electron chi connectivity index (χ3n) is 2.02. The first-order valence-corrected chi connectivity index (χ1v) is 5.29. The molecule has 0 aliphatic carbocycles. The number of anilines is 1. The molecule has 0 bridgehead atoms. The number of benzene rings is 1. The second kappa shape index (κ2) is 4.37. The number of nitrogen functional groups attached to an aromatic ring is 1. The van der Waals surface area contributed by atoms with E-state index in [0.29, 0.717) is 5.13 Å². The quantitative estimate of drug-likeness (QED) is 0.859. The molecule has 0 amide bonds. The van der Waals surface area contributed by atoms with Gasteiger partial charge in [-0.3, -0.25) is 0 Å². The van der Waals surface area contributed by atoms with Crippen molar-refractivity contribution >= 4 is 16.5 Å². The Morgan fingerprint density at radius 3 is 2.53 bits per heavy atom. The molecule has 0 saturated carbocycles. The predicted octanol–water partition coefficient (Wildman–Crippen LogP) is 1.86. The van der Waals surface area contributed by atoms with E-state index in [2.05, 4.69) is 10.2 Å². The van der Waals surface area contributed by atoms with Gasteiger partial charge >= 0.3 is 0 Å². The monoisotopic (exact) mass is 221 g/mol. The molecule has 0 spiro atoms. The third kappa shape index (κ3) is 2.14. The van der Waals surface area contributed by atoms with Gasteiger partial charge in [0, 0.05) is 7.11 Å². The first-order chi connectivity index (χ1) is 7.31. The molecule has 1 heterocycles. The van der Waals surface area contributed by atoms with Crippen molar-refractivity contribution in [1.29, 1.82) is 0 Å². The maximum atomic E-state index is 5.54. The van der Waals surface area contributed by atoms with E-state index in [1.807, 2.05) is 30.3 Å². The topological polar surface area (TPSA) is 61.0 Å². The van der Waals surface area contributed by atoms with E-state index in [4.69, 9.17) is 10.5 Å². The zero-order chi connectivity index (χ0) is 10.7. The highest BCUT2D eigenvalue weighted by atomic mass is 32.1. The first-order valence-electron chi connectivity index (χ1n) is 4.48. The summed E-state index contributed by atoms with van der Waals surface area (Å²) in [5.41, 5.74) is 6.59. The molecule has 78 valence electrons. The fourth-order valence-corrected chi connectivity index (χ4v) is 2.08. The molecule has 1 atom stereocenters. The SMILES string of the molecule is COC(c1ccccc1)c1nnc(N)s1. The number of aromatic nitrogens is 2. The van der Waals surface area contributed by atoms with Crippen molar-refractivity contribution in [2.24, 2.45) is 0 Å². The lowest BCUT2D eigenvalue weighted by Gasteiger charge is -2.11. The summed E-state index contributed by atoms with van der Waals surface area (Å²) in [5, 5.41) is 9.00. The van der Waals surface area contributed by atoms with Gasteiger partial charge in [-0.2, -0.15) is 0 Å². The molecule has 0 saturated heterocycles. The minimum Gasteiger partial charge on any atom is -0.374 e. The van der Waals surface area contributed by atoms with Gasteiger partial charge in [-0.15, -0.1) is 10.2 Å². The predicted molar refractivity (Wildman–Crippen MR) is 59.6 cm³/mol. The standard InChI is InChI=1S/C10H11N3OS/c1-14-8(7-5-3-2-4-6-7)9-12-13-10(11)15-9/h2-6,8H,1H3,(H2,11,13). The van der Waals surface area contributed by atoms with Crippen LogP contribution < -0.4 is 5.73 Å². The van der Waals surface area contributed by atoms with Crippen LogP contribution in [-0.4, -0.2) is 17.3 Å². The van der Waals surface area contributed by atoms with Crippen molar-refractivity contribution in [2.45, 2.75) is 6.10 Å². The molecule has 0 aliphatic heterocycles.